The summed E-state index contributed by atoms with van der Waals surface area (Å²) in [7, 11) is 3.76. The highest BCUT2D eigenvalue weighted by Crippen LogP contribution is 2.65. The van der Waals surface area contributed by atoms with Crippen molar-refractivity contribution in [3.63, 3.8) is 0 Å². The molecule has 1 aromatic carbocycles. The second-order valence-electron chi connectivity index (χ2n) is 9.97. The third-order valence-corrected chi connectivity index (χ3v) is 8.87. The van der Waals surface area contributed by atoms with Crippen LogP contribution < -0.4 is 9.64 Å². The summed E-state index contributed by atoms with van der Waals surface area (Å²) in [5, 5.41) is 0. The maximum atomic E-state index is 14.0. The lowest BCUT2D eigenvalue weighted by molar-refractivity contribution is -0.144. The van der Waals surface area contributed by atoms with Gasteiger partial charge in [0, 0.05) is 24.8 Å². The zero-order chi connectivity index (χ0) is 20.4. The predicted octanol–water partition coefficient (Wildman–Crippen LogP) is 1.13. The Morgan fingerprint density at radius 1 is 1.23 bits per heavy atom. The van der Waals surface area contributed by atoms with Gasteiger partial charge in [-0.05, 0) is 31.6 Å². The molecule has 6 fully saturated rings. The zero-order valence-electron chi connectivity index (χ0n) is 17.3. The number of ether oxygens (including phenoxy) is 3. The Balaban J connectivity index is 1.53. The minimum absolute atomic E-state index is 0.0239. The van der Waals surface area contributed by atoms with Gasteiger partial charge in [-0.2, -0.15) is 0 Å². The number of carbonyl (C=O) groups is 2. The average molecular weight is 410 g/mol. The number of hydrogen-bond acceptors (Lipinski definition) is 6. The number of ketones is 1. The molecule has 2 spiro atoms. The van der Waals surface area contributed by atoms with Crippen molar-refractivity contribution >= 4 is 17.4 Å². The molecule has 7 aliphatic rings. The van der Waals surface area contributed by atoms with Gasteiger partial charge in [0.05, 0.1) is 43.4 Å². The van der Waals surface area contributed by atoms with Crippen LogP contribution in [0.25, 0.3) is 0 Å². The summed E-state index contributed by atoms with van der Waals surface area (Å²) in [6.45, 7) is 2.14. The van der Waals surface area contributed by atoms with Crippen LogP contribution in [0.3, 0.4) is 0 Å². The van der Waals surface area contributed by atoms with Crippen LogP contribution in [-0.4, -0.2) is 74.3 Å². The molecule has 1 saturated carbocycles. The number of methoxy groups -OCH3 is 1. The summed E-state index contributed by atoms with van der Waals surface area (Å²) in [6.07, 6.45) is 1.44. The SMILES string of the molecule is COc1cccc2c1N1C(=O)CC3OCC4OC45CN(C)CCC24C(=O)CC5C3C14. The molecule has 1 aliphatic carbocycles. The van der Waals surface area contributed by atoms with E-state index in [1.54, 1.807) is 7.11 Å². The van der Waals surface area contributed by atoms with E-state index in [1.807, 2.05) is 23.1 Å². The van der Waals surface area contributed by atoms with Crippen LogP contribution in [0.2, 0.25) is 0 Å². The van der Waals surface area contributed by atoms with Crippen LogP contribution >= 0.6 is 0 Å². The monoisotopic (exact) mass is 410 g/mol. The molecular formula is C23H26N2O5. The van der Waals surface area contributed by atoms with E-state index in [2.05, 4.69) is 11.9 Å². The van der Waals surface area contributed by atoms with Crippen molar-refractivity contribution in [1.29, 1.82) is 0 Å². The van der Waals surface area contributed by atoms with Crippen molar-refractivity contribution in [1.82, 2.24) is 4.90 Å². The minimum atomic E-state index is -0.697. The second-order valence-corrected chi connectivity index (χ2v) is 9.97. The molecular weight excluding hydrogens is 384 g/mol. The summed E-state index contributed by atoms with van der Waals surface area (Å²) in [4.78, 5) is 31.8. The van der Waals surface area contributed by atoms with E-state index in [9.17, 15) is 9.59 Å². The van der Waals surface area contributed by atoms with Crippen LogP contribution in [0.5, 0.6) is 5.75 Å². The van der Waals surface area contributed by atoms with Gasteiger partial charge in [0.25, 0.3) is 0 Å². The Morgan fingerprint density at radius 3 is 2.93 bits per heavy atom. The second kappa shape index (κ2) is 5.44. The number of para-hydroxylation sites is 1. The maximum Gasteiger partial charge on any atom is 0.230 e. The number of rotatable bonds is 1. The van der Waals surface area contributed by atoms with Crippen molar-refractivity contribution in [2.75, 3.05) is 38.8 Å². The molecule has 7 atom stereocenters. The molecule has 0 N–H and O–H groups in total. The quantitative estimate of drug-likeness (QED) is 0.647. The summed E-state index contributed by atoms with van der Waals surface area (Å²) in [5.41, 5.74) is 0.742. The number of benzene rings is 1. The predicted molar refractivity (Wildman–Crippen MR) is 107 cm³/mol. The molecule has 7 unspecified atom stereocenters. The Kier molecular flexibility index (Phi) is 3.21. The number of nitrogens with zero attached hydrogens (tertiary/aromatic N) is 2. The molecule has 6 aliphatic heterocycles. The number of epoxide rings is 1. The molecule has 5 saturated heterocycles. The number of likely N-dealkylation sites (N-methyl/N-ethyl adjacent to an activating group) is 1. The fraction of sp³-hybridized carbons (Fsp3) is 0.652. The number of hydrogen-bond donors (Lipinski definition) is 0. The molecule has 7 heteroatoms. The van der Waals surface area contributed by atoms with Gasteiger partial charge in [-0.3, -0.25) is 9.59 Å². The van der Waals surface area contributed by atoms with Gasteiger partial charge < -0.3 is 24.0 Å². The first kappa shape index (κ1) is 17.7. The first-order valence-electron chi connectivity index (χ1n) is 11.0. The van der Waals surface area contributed by atoms with Crippen LogP contribution in [0, 0.1) is 11.8 Å². The Bertz CT molecular complexity index is 996. The third kappa shape index (κ3) is 1.81. The van der Waals surface area contributed by atoms with Crippen molar-refractivity contribution in [2.45, 2.75) is 48.5 Å². The fourth-order valence-electron chi connectivity index (χ4n) is 7.67. The standard InChI is InChI=1S/C23H26N2O5/c1-24-7-6-22-12-4-3-5-14(28-2)20(12)25-18(27)9-15-19(21(22)25)13(8-16(22)26)23(11-24)17(30-23)10-29-15/h3-5,13,15,17,19,21H,6-11H2,1-2H3. The van der Waals surface area contributed by atoms with Gasteiger partial charge >= 0.3 is 0 Å². The van der Waals surface area contributed by atoms with Gasteiger partial charge in [-0.1, -0.05) is 12.1 Å². The summed E-state index contributed by atoms with van der Waals surface area (Å²) in [6, 6.07) is 5.67. The third-order valence-electron chi connectivity index (χ3n) is 8.87. The van der Waals surface area contributed by atoms with Gasteiger partial charge in [0.1, 0.15) is 23.2 Å². The zero-order valence-corrected chi connectivity index (χ0v) is 17.3. The topological polar surface area (TPSA) is 71.6 Å². The van der Waals surface area contributed by atoms with Crippen LogP contribution in [0.4, 0.5) is 5.69 Å². The lowest BCUT2D eigenvalue weighted by atomic mass is 9.54. The van der Waals surface area contributed by atoms with E-state index in [-0.39, 0.29) is 47.4 Å². The Hall–Kier alpha value is -1.96. The van der Waals surface area contributed by atoms with Crippen LogP contribution in [0.15, 0.2) is 18.2 Å². The summed E-state index contributed by atoms with van der Waals surface area (Å²) in [5.74, 6) is 1.15. The maximum absolute atomic E-state index is 14.0. The molecule has 158 valence electrons. The highest BCUT2D eigenvalue weighted by Gasteiger charge is 2.75. The van der Waals surface area contributed by atoms with Crippen LogP contribution in [0.1, 0.15) is 24.8 Å². The largest absolute Gasteiger partial charge is 0.495 e. The van der Waals surface area contributed by atoms with E-state index in [1.165, 1.54) is 0 Å². The number of anilines is 1. The van der Waals surface area contributed by atoms with E-state index in [4.69, 9.17) is 14.2 Å². The highest BCUT2D eigenvalue weighted by molar-refractivity contribution is 6.07. The molecule has 8 rings (SSSR count). The van der Waals surface area contributed by atoms with Crippen LogP contribution in [-0.2, 0) is 24.5 Å². The molecule has 0 aromatic heterocycles. The first-order valence-corrected chi connectivity index (χ1v) is 11.0. The van der Waals surface area contributed by atoms with E-state index in [0.717, 1.165) is 24.3 Å². The molecule has 6 heterocycles. The van der Waals surface area contributed by atoms with Crippen molar-refractivity contribution in [3.05, 3.63) is 23.8 Å². The fourth-order valence-corrected chi connectivity index (χ4v) is 7.67. The normalized spacial score (nSPS) is 45.8. The smallest absolute Gasteiger partial charge is 0.230 e. The van der Waals surface area contributed by atoms with E-state index >= 15 is 0 Å². The highest BCUT2D eigenvalue weighted by atomic mass is 16.6. The lowest BCUT2D eigenvalue weighted by Gasteiger charge is -2.53. The van der Waals surface area contributed by atoms with E-state index in [0.29, 0.717) is 31.6 Å². The van der Waals surface area contributed by atoms with Gasteiger partial charge in [-0.25, -0.2) is 0 Å². The molecule has 7 nitrogen and oxygen atoms in total. The van der Waals surface area contributed by atoms with Gasteiger partial charge in [0.2, 0.25) is 5.91 Å². The molecule has 0 radical (unpaired) electrons. The summed E-state index contributed by atoms with van der Waals surface area (Å²) < 4.78 is 18.3. The van der Waals surface area contributed by atoms with Crippen molar-refractivity contribution in [2.24, 2.45) is 11.8 Å². The molecule has 1 aromatic rings. The molecule has 4 bridgehead atoms. The van der Waals surface area contributed by atoms with Gasteiger partial charge in [-0.15, -0.1) is 0 Å². The number of piperidine rings is 1. The number of amides is 1. The van der Waals surface area contributed by atoms with Crippen molar-refractivity contribution in [3.8, 4) is 5.75 Å². The van der Waals surface area contributed by atoms with Crippen molar-refractivity contribution < 1.29 is 23.8 Å². The minimum Gasteiger partial charge on any atom is -0.495 e. The number of carbonyl (C=O) groups excluding carboxylic acids is 2. The lowest BCUT2D eigenvalue weighted by Crippen LogP contribution is -2.67. The number of Topliss-reactive ketones (excluding diaryl/α,β-unsaturated/α-hetero) is 1. The van der Waals surface area contributed by atoms with E-state index < -0.39 is 5.41 Å². The summed E-state index contributed by atoms with van der Waals surface area (Å²) >= 11 is 0. The molecule has 1 amide bonds. The first-order chi connectivity index (χ1) is 14.5. The Labute approximate surface area is 175 Å². The Morgan fingerprint density at radius 2 is 2.10 bits per heavy atom. The van der Waals surface area contributed by atoms with Gasteiger partial charge in [0.15, 0.2) is 0 Å². The molecule has 30 heavy (non-hydrogen) atoms. The number of fused-ring (bicyclic) bond motifs is 6. The average Bonchev–Trinajstić information content (AvgIpc) is 3.33.